The largest absolute Gasteiger partial charge is 0.495 e. The standard InChI is InChI=1S/C15H21NO4S/c1-19-14-4-2-3-5-15(14)21(17,18)16-9-8-13(10-16)20-11-12-6-7-12/h2-5,12-13H,6-11H2,1H3. The van der Waals surface area contributed by atoms with Gasteiger partial charge < -0.3 is 9.47 Å². The minimum absolute atomic E-state index is 0.0232. The number of sulfonamides is 1. The van der Waals surface area contributed by atoms with E-state index in [0.717, 1.165) is 13.0 Å². The SMILES string of the molecule is COc1ccccc1S(=O)(=O)N1CCC(OCC2CC2)C1. The molecule has 1 heterocycles. The second-order valence-corrected chi connectivity index (χ2v) is 7.61. The number of nitrogens with zero attached hydrogens (tertiary/aromatic N) is 1. The summed E-state index contributed by atoms with van der Waals surface area (Å²) in [5.74, 6) is 1.09. The Kier molecular flexibility index (Phi) is 4.19. The summed E-state index contributed by atoms with van der Waals surface area (Å²) in [5, 5.41) is 0. The van der Waals surface area contributed by atoms with Crippen molar-refractivity contribution in [2.45, 2.75) is 30.3 Å². The summed E-state index contributed by atoms with van der Waals surface area (Å²) in [6, 6.07) is 6.74. The summed E-state index contributed by atoms with van der Waals surface area (Å²) < 4.78 is 37.9. The van der Waals surface area contributed by atoms with Gasteiger partial charge in [0.1, 0.15) is 10.6 Å². The van der Waals surface area contributed by atoms with E-state index in [0.29, 0.717) is 24.8 Å². The van der Waals surface area contributed by atoms with Crippen molar-refractivity contribution in [1.29, 1.82) is 0 Å². The lowest BCUT2D eigenvalue weighted by molar-refractivity contribution is 0.0561. The molecule has 2 fully saturated rings. The maximum absolute atomic E-state index is 12.7. The van der Waals surface area contributed by atoms with Gasteiger partial charge in [0, 0.05) is 19.7 Å². The maximum atomic E-state index is 12.7. The highest BCUT2D eigenvalue weighted by atomic mass is 32.2. The van der Waals surface area contributed by atoms with E-state index in [4.69, 9.17) is 9.47 Å². The third kappa shape index (κ3) is 3.22. The van der Waals surface area contributed by atoms with Crippen LogP contribution in [0.3, 0.4) is 0 Å². The molecule has 3 rings (SSSR count). The Bertz CT molecular complexity index is 597. The average molecular weight is 311 g/mol. The van der Waals surface area contributed by atoms with Crippen LogP contribution >= 0.6 is 0 Å². The zero-order valence-electron chi connectivity index (χ0n) is 12.2. The minimum atomic E-state index is -3.51. The van der Waals surface area contributed by atoms with Gasteiger partial charge >= 0.3 is 0 Å². The monoisotopic (exact) mass is 311 g/mol. The van der Waals surface area contributed by atoms with E-state index in [9.17, 15) is 8.42 Å². The second-order valence-electron chi connectivity index (χ2n) is 5.70. The van der Waals surface area contributed by atoms with Crippen molar-refractivity contribution in [2.24, 2.45) is 5.92 Å². The number of benzene rings is 1. The molecule has 5 nitrogen and oxygen atoms in total. The van der Waals surface area contributed by atoms with Gasteiger partial charge in [-0.2, -0.15) is 4.31 Å². The van der Waals surface area contributed by atoms with Crippen molar-refractivity contribution in [1.82, 2.24) is 4.31 Å². The van der Waals surface area contributed by atoms with Crippen molar-refractivity contribution >= 4 is 10.0 Å². The molecule has 0 bridgehead atoms. The van der Waals surface area contributed by atoms with Crippen LogP contribution in [-0.2, 0) is 14.8 Å². The molecule has 21 heavy (non-hydrogen) atoms. The molecule has 1 saturated carbocycles. The van der Waals surface area contributed by atoms with Gasteiger partial charge in [0.25, 0.3) is 0 Å². The van der Waals surface area contributed by atoms with E-state index < -0.39 is 10.0 Å². The highest BCUT2D eigenvalue weighted by Gasteiger charge is 2.35. The molecule has 0 amide bonds. The summed E-state index contributed by atoms with van der Waals surface area (Å²) in [6.07, 6.45) is 3.28. The number of hydrogen-bond acceptors (Lipinski definition) is 4. The number of para-hydroxylation sites is 1. The first kappa shape index (κ1) is 14.8. The van der Waals surface area contributed by atoms with Crippen molar-refractivity contribution in [3.8, 4) is 5.75 Å². The zero-order valence-corrected chi connectivity index (χ0v) is 13.0. The van der Waals surface area contributed by atoms with Crippen LogP contribution in [0.1, 0.15) is 19.3 Å². The fraction of sp³-hybridized carbons (Fsp3) is 0.600. The molecule has 1 saturated heterocycles. The first-order valence-corrected chi connectivity index (χ1v) is 8.80. The predicted octanol–water partition coefficient (Wildman–Crippen LogP) is 1.88. The van der Waals surface area contributed by atoms with Crippen LogP contribution in [0.5, 0.6) is 5.75 Å². The van der Waals surface area contributed by atoms with Gasteiger partial charge in [-0.3, -0.25) is 0 Å². The summed E-state index contributed by atoms with van der Waals surface area (Å²) in [4.78, 5) is 0.232. The molecule has 1 aromatic rings. The zero-order chi connectivity index (χ0) is 14.9. The smallest absolute Gasteiger partial charge is 0.246 e. The molecular weight excluding hydrogens is 290 g/mol. The molecule has 1 unspecified atom stereocenters. The molecule has 0 N–H and O–H groups in total. The Balaban J connectivity index is 1.70. The van der Waals surface area contributed by atoms with E-state index in [1.54, 1.807) is 24.3 Å². The molecular formula is C15H21NO4S. The van der Waals surface area contributed by atoms with Crippen molar-refractivity contribution in [2.75, 3.05) is 26.8 Å². The van der Waals surface area contributed by atoms with E-state index >= 15 is 0 Å². The Labute approximate surface area is 125 Å². The van der Waals surface area contributed by atoms with Crippen LogP contribution in [0.4, 0.5) is 0 Å². The topological polar surface area (TPSA) is 55.8 Å². The lowest BCUT2D eigenvalue weighted by Crippen LogP contribution is -2.30. The lowest BCUT2D eigenvalue weighted by atomic mass is 10.3. The third-order valence-electron chi connectivity index (χ3n) is 4.06. The van der Waals surface area contributed by atoms with Crippen molar-refractivity contribution in [3.05, 3.63) is 24.3 Å². The normalized spacial score (nSPS) is 23.4. The molecule has 0 spiro atoms. The second kappa shape index (κ2) is 5.94. The van der Waals surface area contributed by atoms with Crippen LogP contribution in [0.15, 0.2) is 29.2 Å². The van der Waals surface area contributed by atoms with Gasteiger partial charge in [0.15, 0.2) is 0 Å². The van der Waals surface area contributed by atoms with Gasteiger partial charge in [-0.15, -0.1) is 0 Å². The molecule has 0 radical (unpaired) electrons. The number of ether oxygens (including phenoxy) is 2. The molecule has 2 aliphatic rings. The maximum Gasteiger partial charge on any atom is 0.246 e. The van der Waals surface area contributed by atoms with Crippen LogP contribution in [-0.4, -0.2) is 45.6 Å². The quantitative estimate of drug-likeness (QED) is 0.805. The van der Waals surface area contributed by atoms with Gasteiger partial charge in [0.2, 0.25) is 10.0 Å². The Morgan fingerprint density at radius 1 is 1.24 bits per heavy atom. The minimum Gasteiger partial charge on any atom is -0.495 e. The Hall–Kier alpha value is -1.11. The van der Waals surface area contributed by atoms with E-state index in [1.165, 1.54) is 24.3 Å². The number of rotatable bonds is 6. The molecule has 0 aromatic heterocycles. The fourth-order valence-electron chi connectivity index (χ4n) is 2.58. The van der Waals surface area contributed by atoms with Crippen LogP contribution < -0.4 is 4.74 Å². The third-order valence-corrected chi connectivity index (χ3v) is 5.96. The first-order chi connectivity index (χ1) is 10.1. The molecule has 1 atom stereocenters. The highest BCUT2D eigenvalue weighted by Crippen LogP contribution is 2.32. The summed E-state index contributed by atoms with van der Waals surface area (Å²) in [5.41, 5.74) is 0. The lowest BCUT2D eigenvalue weighted by Gasteiger charge is -2.18. The Morgan fingerprint density at radius 2 is 2.00 bits per heavy atom. The van der Waals surface area contributed by atoms with E-state index in [2.05, 4.69) is 0 Å². The van der Waals surface area contributed by atoms with Crippen LogP contribution in [0.2, 0.25) is 0 Å². The summed E-state index contributed by atoms with van der Waals surface area (Å²) >= 11 is 0. The van der Waals surface area contributed by atoms with Crippen LogP contribution in [0, 0.1) is 5.92 Å². The number of hydrogen-bond donors (Lipinski definition) is 0. The molecule has 1 aliphatic carbocycles. The molecule has 6 heteroatoms. The molecule has 116 valence electrons. The summed E-state index contributed by atoms with van der Waals surface area (Å²) in [6.45, 7) is 1.72. The molecule has 1 aliphatic heterocycles. The van der Waals surface area contributed by atoms with E-state index in [1.807, 2.05) is 0 Å². The fourth-order valence-corrected chi connectivity index (χ4v) is 4.22. The van der Waals surface area contributed by atoms with Crippen molar-refractivity contribution < 1.29 is 17.9 Å². The average Bonchev–Trinajstić information content (AvgIpc) is 3.20. The number of methoxy groups -OCH3 is 1. The Morgan fingerprint density at radius 3 is 2.71 bits per heavy atom. The predicted molar refractivity (Wildman–Crippen MR) is 78.8 cm³/mol. The molecule has 1 aromatic carbocycles. The van der Waals surface area contributed by atoms with Gasteiger partial charge in [-0.1, -0.05) is 12.1 Å². The van der Waals surface area contributed by atoms with Crippen LogP contribution in [0.25, 0.3) is 0 Å². The first-order valence-electron chi connectivity index (χ1n) is 7.36. The summed E-state index contributed by atoms with van der Waals surface area (Å²) in [7, 11) is -2.02. The van der Waals surface area contributed by atoms with Gasteiger partial charge in [-0.25, -0.2) is 8.42 Å². The van der Waals surface area contributed by atoms with Gasteiger partial charge in [0.05, 0.1) is 13.2 Å². The van der Waals surface area contributed by atoms with Gasteiger partial charge in [-0.05, 0) is 37.3 Å². The van der Waals surface area contributed by atoms with Crippen molar-refractivity contribution in [3.63, 3.8) is 0 Å². The van der Waals surface area contributed by atoms with E-state index in [-0.39, 0.29) is 11.0 Å². The highest BCUT2D eigenvalue weighted by molar-refractivity contribution is 7.89.